The molecule has 1 fully saturated rings. The van der Waals surface area contributed by atoms with E-state index in [0.29, 0.717) is 31.7 Å². The first-order chi connectivity index (χ1) is 13.9. The van der Waals surface area contributed by atoms with E-state index in [1.54, 1.807) is 28.5 Å². The fourth-order valence-corrected chi connectivity index (χ4v) is 5.00. The van der Waals surface area contributed by atoms with E-state index in [-0.39, 0.29) is 10.8 Å². The van der Waals surface area contributed by atoms with Crippen LogP contribution in [0.5, 0.6) is 0 Å². The van der Waals surface area contributed by atoms with Crippen LogP contribution in [0.3, 0.4) is 0 Å². The third-order valence-corrected chi connectivity index (χ3v) is 7.46. The van der Waals surface area contributed by atoms with Crippen molar-refractivity contribution in [2.75, 3.05) is 38.1 Å². The van der Waals surface area contributed by atoms with Gasteiger partial charge in [0.2, 0.25) is 10.0 Å². The number of piperazine rings is 1. The van der Waals surface area contributed by atoms with Gasteiger partial charge in [-0.1, -0.05) is 17.4 Å². The van der Waals surface area contributed by atoms with Gasteiger partial charge >= 0.3 is 0 Å². The molecule has 0 atom stereocenters. The number of benzene rings is 1. The van der Waals surface area contributed by atoms with Gasteiger partial charge in [-0.3, -0.25) is 4.79 Å². The second-order valence-corrected chi connectivity index (χ2v) is 9.63. The first kappa shape index (κ1) is 19.7. The molecule has 29 heavy (non-hydrogen) atoms. The van der Waals surface area contributed by atoms with E-state index in [0.717, 1.165) is 21.0 Å². The van der Waals surface area contributed by atoms with E-state index in [9.17, 15) is 13.2 Å². The normalized spacial score (nSPS) is 15.1. The van der Waals surface area contributed by atoms with Crippen LogP contribution in [-0.4, -0.2) is 62.4 Å². The molecule has 0 aliphatic carbocycles. The number of amides is 1. The summed E-state index contributed by atoms with van der Waals surface area (Å²) in [7, 11) is -2.25. The maximum Gasteiger partial charge on any atom is 0.254 e. The highest BCUT2D eigenvalue weighted by atomic mass is 32.2. The van der Waals surface area contributed by atoms with E-state index >= 15 is 0 Å². The van der Waals surface area contributed by atoms with Crippen molar-refractivity contribution in [3.63, 3.8) is 0 Å². The lowest BCUT2D eigenvalue weighted by Crippen LogP contribution is -2.49. The lowest BCUT2D eigenvalue weighted by Gasteiger charge is -2.34. The van der Waals surface area contributed by atoms with Crippen LogP contribution in [0.2, 0.25) is 0 Å². The minimum atomic E-state index is -3.60. The Labute approximate surface area is 173 Å². The lowest BCUT2D eigenvalue weighted by atomic mass is 10.1. The van der Waals surface area contributed by atoms with Crippen molar-refractivity contribution >= 4 is 42.7 Å². The number of rotatable bonds is 4. The number of nitrogens with one attached hydrogen (secondary N) is 1. The quantitative estimate of drug-likeness (QED) is 0.678. The molecule has 0 unspecified atom stereocenters. The van der Waals surface area contributed by atoms with E-state index in [4.69, 9.17) is 0 Å². The van der Waals surface area contributed by atoms with Gasteiger partial charge in [-0.2, -0.15) is 0 Å². The van der Waals surface area contributed by atoms with Crippen LogP contribution in [0.25, 0.3) is 10.3 Å². The molecule has 10 heteroatoms. The number of fused-ring (bicyclic) bond motifs is 1. The van der Waals surface area contributed by atoms with Crippen LogP contribution >= 0.6 is 11.3 Å². The van der Waals surface area contributed by atoms with Crippen molar-refractivity contribution in [3.8, 4) is 0 Å². The maximum absolute atomic E-state index is 13.0. The fraction of sp³-hybridized carbons (Fsp3) is 0.316. The molecule has 1 amide bonds. The number of hydrogen-bond donors (Lipinski definition) is 1. The zero-order valence-corrected chi connectivity index (χ0v) is 17.8. The monoisotopic (exact) mass is 431 g/mol. The molecule has 3 aromatic rings. The summed E-state index contributed by atoms with van der Waals surface area (Å²) in [6.07, 6.45) is 1.76. The Morgan fingerprint density at radius 3 is 2.62 bits per heavy atom. The summed E-state index contributed by atoms with van der Waals surface area (Å²) in [5, 5.41) is 0.907. The van der Waals surface area contributed by atoms with E-state index in [1.807, 2.05) is 19.1 Å². The van der Waals surface area contributed by atoms with Crippen LogP contribution in [0.1, 0.15) is 15.9 Å². The molecule has 1 aliphatic heterocycles. The number of carbonyl (C=O) groups excluding carboxylic acids is 1. The molecule has 0 radical (unpaired) electrons. The van der Waals surface area contributed by atoms with Gasteiger partial charge in [0.1, 0.15) is 10.3 Å². The number of pyridine rings is 1. The SMILES string of the molecule is CNS(=O)(=O)c1ccc(C)c(C(=O)N2CCN(c3nc4cccnc4s3)CC2)c1. The van der Waals surface area contributed by atoms with Crippen LogP contribution in [0.4, 0.5) is 5.13 Å². The first-order valence-electron chi connectivity index (χ1n) is 9.19. The van der Waals surface area contributed by atoms with Crippen molar-refractivity contribution in [1.82, 2.24) is 19.6 Å². The maximum atomic E-state index is 13.0. The number of anilines is 1. The molecule has 4 rings (SSSR count). The van der Waals surface area contributed by atoms with Crippen molar-refractivity contribution < 1.29 is 13.2 Å². The minimum absolute atomic E-state index is 0.0922. The lowest BCUT2D eigenvalue weighted by molar-refractivity contribution is 0.0746. The first-order valence-corrected chi connectivity index (χ1v) is 11.5. The molecule has 1 aliphatic rings. The van der Waals surface area contributed by atoms with E-state index < -0.39 is 10.0 Å². The molecule has 1 N–H and O–H groups in total. The number of nitrogens with zero attached hydrogens (tertiary/aromatic N) is 4. The molecule has 0 saturated carbocycles. The van der Waals surface area contributed by atoms with Gasteiger partial charge in [0, 0.05) is 37.9 Å². The number of carbonyl (C=O) groups is 1. The van der Waals surface area contributed by atoms with Crippen LogP contribution in [0.15, 0.2) is 41.4 Å². The largest absolute Gasteiger partial charge is 0.344 e. The zero-order valence-electron chi connectivity index (χ0n) is 16.1. The average molecular weight is 432 g/mol. The van der Waals surface area contributed by atoms with Crippen LogP contribution in [-0.2, 0) is 10.0 Å². The smallest absolute Gasteiger partial charge is 0.254 e. The molecular weight excluding hydrogens is 410 g/mol. The second kappa shape index (κ2) is 7.69. The Hall–Kier alpha value is -2.56. The fourth-order valence-electron chi connectivity index (χ4n) is 3.28. The second-order valence-electron chi connectivity index (χ2n) is 6.79. The highest BCUT2D eigenvalue weighted by molar-refractivity contribution is 7.89. The third-order valence-electron chi connectivity index (χ3n) is 5.01. The topological polar surface area (TPSA) is 95.5 Å². The highest BCUT2D eigenvalue weighted by Gasteiger charge is 2.26. The van der Waals surface area contributed by atoms with E-state index in [1.165, 1.54) is 19.2 Å². The van der Waals surface area contributed by atoms with Crippen molar-refractivity contribution in [2.45, 2.75) is 11.8 Å². The van der Waals surface area contributed by atoms with Crippen LogP contribution in [0, 0.1) is 6.92 Å². The Morgan fingerprint density at radius 1 is 1.17 bits per heavy atom. The van der Waals surface area contributed by atoms with Crippen molar-refractivity contribution in [2.24, 2.45) is 0 Å². The van der Waals surface area contributed by atoms with Gasteiger partial charge in [0.25, 0.3) is 5.91 Å². The predicted octanol–water partition coefficient (Wildman–Crippen LogP) is 1.87. The van der Waals surface area contributed by atoms with Gasteiger partial charge in [-0.25, -0.2) is 23.1 Å². The predicted molar refractivity (Wildman–Crippen MR) is 113 cm³/mol. The number of sulfonamides is 1. The number of hydrogen-bond acceptors (Lipinski definition) is 7. The highest BCUT2D eigenvalue weighted by Crippen LogP contribution is 2.28. The molecular formula is C19H21N5O3S2. The number of aryl methyl sites for hydroxylation is 1. The summed E-state index contributed by atoms with van der Waals surface area (Å²) in [6.45, 7) is 4.24. The summed E-state index contributed by atoms with van der Waals surface area (Å²) in [6, 6.07) is 8.44. The Morgan fingerprint density at radius 2 is 1.93 bits per heavy atom. The molecule has 3 heterocycles. The van der Waals surface area contributed by atoms with Crippen LogP contribution < -0.4 is 9.62 Å². The van der Waals surface area contributed by atoms with Gasteiger partial charge < -0.3 is 9.80 Å². The minimum Gasteiger partial charge on any atom is -0.344 e. The van der Waals surface area contributed by atoms with Gasteiger partial charge in [0.05, 0.1) is 4.90 Å². The summed E-state index contributed by atoms with van der Waals surface area (Å²) in [4.78, 5) is 26.9. The van der Waals surface area contributed by atoms with Gasteiger partial charge in [-0.05, 0) is 43.8 Å². The van der Waals surface area contributed by atoms with Gasteiger partial charge in [-0.15, -0.1) is 0 Å². The summed E-state index contributed by atoms with van der Waals surface area (Å²) < 4.78 is 26.5. The Kier molecular flexibility index (Phi) is 5.24. The average Bonchev–Trinajstić information content (AvgIpc) is 3.18. The molecule has 0 bridgehead atoms. The summed E-state index contributed by atoms with van der Waals surface area (Å²) >= 11 is 1.55. The van der Waals surface area contributed by atoms with Gasteiger partial charge in [0.15, 0.2) is 5.13 Å². The summed E-state index contributed by atoms with van der Waals surface area (Å²) in [5.41, 5.74) is 2.05. The zero-order chi connectivity index (χ0) is 20.6. The molecule has 1 saturated heterocycles. The number of aromatic nitrogens is 2. The van der Waals surface area contributed by atoms with Crippen molar-refractivity contribution in [3.05, 3.63) is 47.7 Å². The molecule has 2 aromatic heterocycles. The molecule has 152 valence electrons. The number of thiazole rings is 1. The molecule has 1 aromatic carbocycles. The Balaban J connectivity index is 1.50. The Bertz CT molecular complexity index is 1130. The third kappa shape index (κ3) is 3.83. The molecule has 8 nitrogen and oxygen atoms in total. The van der Waals surface area contributed by atoms with E-state index in [2.05, 4.69) is 19.6 Å². The van der Waals surface area contributed by atoms with Crippen molar-refractivity contribution in [1.29, 1.82) is 0 Å². The molecule has 0 spiro atoms. The summed E-state index contributed by atoms with van der Waals surface area (Å²) in [5.74, 6) is -0.152. The standard InChI is InChI=1S/C19H21N5O3S2/c1-13-5-6-14(29(26,27)20-2)12-15(13)18(25)23-8-10-24(11-9-23)19-22-16-4-3-7-21-17(16)28-19/h3-7,12,20H,8-11H2,1-2H3.